The van der Waals surface area contributed by atoms with Crippen molar-refractivity contribution in [3.63, 3.8) is 0 Å². The van der Waals surface area contributed by atoms with Crippen LogP contribution in [0.15, 0.2) is 144 Å². The van der Waals surface area contributed by atoms with E-state index < -0.39 is 29.4 Å². The molecule has 7 rings (SSSR count). The predicted molar refractivity (Wildman–Crippen MR) is 238 cm³/mol. The molecule has 1 aromatic heterocycles. The number of benzene rings is 5. The van der Waals surface area contributed by atoms with E-state index in [1.807, 2.05) is 143 Å². The van der Waals surface area contributed by atoms with E-state index in [1.54, 1.807) is 0 Å². The number of hydrogen-bond acceptors (Lipinski definition) is 8. The number of ether oxygens (including phenoxy) is 2. The molecule has 1 aliphatic carbocycles. The summed E-state index contributed by atoms with van der Waals surface area (Å²) < 4.78 is 17.1. The number of carbonyl (C=O) groups excluding carboxylic acids is 3. The molecule has 3 amide bonds. The fourth-order valence-electron chi connectivity index (χ4n) is 8.17. The number of carbonyl (C=O) groups is 3. The summed E-state index contributed by atoms with van der Waals surface area (Å²) in [5.41, 5.74) is 5.59. The van der Waals surface area contributed by atoms with E-state index >= 15 is 0 Å². The minimum atomic E-state index is -1.01. The second-order valence-corrected chi connectivity index (χ2v) is 16.8. The fourth-order valence-corrected chi connectivity index (χ4v) is 8.17. The molecule has 0 bridgehead atoms. The van der Waals surface area contributed by atoms with Gasteiger partial charge in [-0.05, 0) is 79.0 Å². The highest BCUT2D eigenvalue weighted by molar-refractivity contribution is 5.80. The Bertz CT molecular complexity index is 2270. The standard InChI is InChI=1S/C51H55N5O6/c1-35(20-18-19-33-52-48(58)61-50(2,3)4)46-54-47(62-56-46)44(53-49(59)60-34-43-41-29-16-14-27-39(41)40-28-15-17-30-42(40)43)31-32-45(57)55-51(36-21-8-5-9-22-36,37-23-10-6-11-24-37)38-25-12-7-13-26-38/h5-17,21-30,35,43-44H,18-20,31-34H2,1-4H3,(H,52,58)(H,53,59)(H,55,57)/t35-,44-/m0/s1. The zero-order chi connectivity index (χ0) is 43.5. The molecule has 0 saturated heterocycles. The number of aromatic nitrogens is 2. The van der Waals surface area contributed by atoms with Crippen molar-refractivity contribution >= 4 is 18.1 Å². The van der Waals surface area contributed by atoms with Crippen molar-refractivity contribution in [3.8, 4) is 11.1 Å². The third-order valence-corrected chi connectivity index (χ3v) is 11.2. The average Bonchev–Trinajstić information content (AvgIpc) is 3.90. The highest BCUT2D eigenvalue weighted by atomic mass is 16.6. The van der Waals surface area contributed by atoms with Gasteiger partial charge in [-0.2, -0.15) is 4.98 Å². The van der Waals surface area contributed by atoms with Crippen molar-refractivity contribution in [1.29, 1.82) is 0 Å². The minimum absolute atomic E-state index is 0.0144. The van der Waals surface area contributed by atoms with Crippen LogP contribution in [0, 0.1) is 0 Å². The van der Waals surface area contributed by atoms with Crippen LogP contribution < -0.4 is 16.0 Å². The molecule has 62 heavy (non-hydrogen) atoms. The van der Waals surface area contributed by atoms with Crippen LogP contribution in [-0.4, -0.2) is 47.0 Å². The monoisotopic (exact) mass is 833 g/mol. The third kappa shape index (κ3) is 10.4. The van der Waals surface area contributed by atoms with E-state index in [0.29, 0.717) is 12.4 Å². The lowest BCUT2D eigenvalue weighted by atomic mass is 9.77. The van der Waals surface area contributed by atoms with Crippen LogP contribution in [0.5, 0.6) is 0 Å². The summed E-state index contributed by atoms with van der Waals surface area (Å²) in [6, 6.07) is 45.2. The molecule has 5 aromatic carbocycles. The molecular weight excluding hydrogens is 779 g/mol. The van der Waals surface area contributed by atoms with Crippen molar-refractivity contribution in [2.45, 2.75) is 88.8 Å². The Hall–Kier alpha value is -6.75. The van der Waals surface area contributed by atoms with Crippen LogP contribution in [-0.2, 0) is 19.8 Å². The maximum atomic E-state index is 14.4. The molecule has 1 heterocycles. The minimum Gasteiger partial charge on any atom is -0.449 e. The number of hydrogen-bond donors (Lipinski definition) is 3. The van der Waals surface area contributed by atoms with Gasteiger partial charge in [-0.25, -0.2) is 9.59 Å². The Morgan fingerprint density at radius 3 is 1.77 bits per heavy atom. The molecule has 0 fully saturated rings. The van der Waals surface area contributed by atoms with Gasteiger partial charge in [-0.1, -0.05) is 158 Å². The first-order valence-corrected chi connectivity index (χ1v) is 21.4. The van der Waals surface area contributed by atoms with Gasteiger partial charge in [-0.3, -0.25) is 4.79 Å². The van der Waals surface area contributed by atoms with Crippen molar-refractivity contribution in [3.05, 3.63) is 179 Å². The number of nitrogens with zero attached hydrogens (tertiary/aromatic N) is 2. The topological polar surface area (TPSA) is 145 Å². The summed E-state index contributed by atoms with van der Waals surface area (Å²) in [7, 11) is 0. The van der Waals surface area contributed by atoms with Gasteiger partial charge in [0.2, 0.25) is 11.8 Å². The lowest BCUT2D eigenvalue weighted by molar-refractivity contribution is -0.122. The first-order chi connectivity index (χ1) is 30.0. The molecule has 0 unspecified atom stereocenters. The second kappa shape index (κ2) is 19.8. The normalized spacial score (nSPS) is 13.3. The van der Waals surface area contributed by atoms with Gasteiger partial charge in [0.1, 0.15) is 23.8 Å². The summed E-state index contributed by atoms with van der Waals surface area (Å²) in [6.07, 6.45) is 1.34. The van der Waals surface area contributed by atoms with Crippen LogP contribution in [0.2, 0.25) is 0 Å². The summed E-state index contributed by atoms with van der Waals surface area (Å²) in [6.45, 7) is 8.09. The Morgan fingerprint density at radius 2 is 1.23 bits per heavy atom. The zero-order valence-corrected chi connectivity index (χ0v) is 35.8. The molecule has 0 radical (unpaired) electrons. The first kappa shape index (κ1) is 43.3. The molecule has 11 heteroatoms. The fraction of sp³-hybridized carbons (Fsp3) is 0.314. The molecule has 0 spiro atoms. The average molecular weight is 834 g/mol. The summed E-state index contributed by atoms with van der Waals surface area (Å²) in [5, 5.41) is 13.5. The third-order valence-electron chi connectivity index (χ3n) is 11.2. The number of nitrogens with one attached hydrogen (secondary N) is 3. The Balaban J connectivity index is 1.08. The van der Waals surface area contributed by atoms with Crippen LogP contribution in [0.3, 0.4) is 0 Å². The van der Waals surface area contributed by atoms with Crippen molar-refractivity contribution in [1.82, 2.24) is 26.1 Å². The number of rotatable bonds is 17. The number of fused-ring (bicyclic) bond motifs is 3. The molecule has 0 aliphatic heterocycles. The van der Waals surface area contributed by atoms with E-state index in [2.05, 4.69) is 45.4 Å². The van der Waals surface area contributed by atoms with E-state index in [4.69, 9.17) is 19.0 Å². The van der Waals surface area contributed by atoms with Gasteiger partial charge < -0.3 is 29.9 Å². The van der Waals surface area contributed by atoms with Crippen LogP contribution in [0.4, 0.5) is 9.59 Å². The summed E-state index contributed by atoms with van der Waals surface area (Å²) >= 11 is 0. The number of amides is 3. The number of alkyl carbamates (subject to hydrolysis) is 2. The lowest BCUT2D eigenvalue weighted by Gasteiger charge is -2.37. The smallest absolute Gasteiger partial charge is 0.407 e. The second-order valence-electron chi connectivity index (χ2n) is 16.8. The van der Waals surface area contributed by atoms with Crippen molar-refractivity contribution < 1.29 is 28.4 Å². The highest BCUT2D eigenvalue weighted by Gasteiger charge is 2.38. The van der Waals surface area contributed by atoms with Crippen LogP contribution in [0.1, 0.15) is 117 Å². The SMILES string of the molecule is C[C@@H](CCCCNC(=O)OC(C)(C)C)c1noc([C@H](CCC(=O)NC(c2ccccc2)(c2ccccc2)c2ccccc2)NC(=O)OCC2c3ccccc3-c3ccccc32)n1. The van der Waals surface area contributed by atoms with Crippen LogP contribution >= 0.6 is 0 Å². The van der Waals surface area contributed by atoms with E-state index in [-0.39, 0.29) is 43.1 Å². The molecule has 3 N–H and O–H groups in total. The Labute approximate surface area is 363 Å². The highest BCUT2D eigenvalue weighted by Crippen LogP contribution is 2.44. The zero-order valence-electron chi connectivity index (χ0n) is 35.8. The quantitative estimate of drug-likeness (QED) is 0.0608. The van der Waals surface area contributed by atoms with E-state index in [1.165, 1.54) is 0 Å². The van der Waals surface area contributed by atoms with Crippen molar-refractivity contribution in [2.24, 2.45) is 0 Å². The van der Waals surface area contributed by atoms with Gasteiger partial charge >= 0.3 is 12.2 Å². The van der Waals surface area contributed by atoms with Gasteiger partial charge in [-0.15, -0.1) is 0 Å². The van der Waals surface area contributed by atoms with Gasteiger partial charge in [0.25, 0.3) is 0 Å². The molecule has 6 aromatic rings. The Kier molecular flexibility index (Phi) is 13.8. The van der Waals surface area contributed by atoms with E-state index in [0.717, 1.165) is 58.2 Å². The molecule has 0 saturated carbocycles. The van der Waals surface area contributed by atoms with Crippen LogP contribution in [0.25, 0.3) is 11.1 Å². The van der Waals surface area contributed by atoms with Gasteiger partial charge in [0.05, 0.1) is 0 Å². The molecule has 2 atom stereocenters. The van der Waals surface area contributed by atoms with Gasteiger partial charge in [0.15, 0.2) is 5.82 Å². The predicted octanol–water partition coefficient (Wildman–Crippen LogP) is 10.3. The maximum absolute atomic E-state index is 14.4. The molecule has 320 valence electrons. The number of unbranched alkanes of at least 4 members (excludes halogenated alkanes) is 1. The van der Waals surface area contributed by atoms with Gasteiger partial charge in [0, 0.05) is 24.8 Å². The lowest BCUT2D eigenvalue weighted by Crippen LogP contribution is -2.48. The molecular formula is C51H55N5O6. The maximum Gasteiger partial charge on any atom is 0.407 e. The molecule has 1 aliphatic rings. The Morgan fingerprint density at radius 1 is 0.694 bits per heavy atom. The first-order valence-electron chi connectivity index (χ1n) is 21.4. The van der Waals surface area contributed by atoms with E-state index in [9.17, 15) is 14.4 Å². The van der Waals surface area contributed by atoms with Crippen molar-refractivity contribution in [2.75, 3.05) is 13.2 Å². The summed E-state index contributed by atoms with van der Waals surface area (Å²) in [4.78, 5) is 44.9. The molecule has 11 nitrogen and oxygen atoms in total. The summed E-state index contributed by atoms with van der Waals surface area (Å²) in [5.74, 6) is 0.222. The largest absolute Gasteiger partial charge is 0.449 e.